The predicted molar refractivity (Wildman–Crippen MR) is 118 cm³/mol. The van der Waals surface area contributed by atoms with E-state index in [1.54, 1.807) is 0 Å². The molecule has 0 aromatic heterocycles. The number of ether oxygens (including phenoxy) is 1. The number of rotatable bonds is 6. The third-order valence-electron chi connectivity index (χ3n) is 4.61. The summed E-state index contributed by atoms with van der Waals surface area (Å²) >= 11 is 0. The lowest BCUT2D eigenvalue weighted by Crippen LogP contribution is -1.99. The molecule has 4 rings (SSSR count). The number of hydrogen-bond acceptors (Lipinski definition) is 1. The molecule has 0 aliphatic carbocycles. The molecule has 0 unspecified atom stereocenters. The van der Waals surface area contributed by atoms with Crippen LogP contribution in [0.15, 0.2) is 109 Å². The lowest BCUT2D eigenvalue weighted by atomic mass is 10.0. The highest BCUT2D eigenvalue weighted by molar-refractivity contribution is 5.80. The zero-order chi connectivity index (χ0) is 19.0. The minimum absolute atomic E-state index is 0.539. The van der Waals surface area contributed by atoms with Crippen LogP contribution in [-0.2, 0) is 6.61 Å². The molecular weight excluding hydrogens is 340 g/mol. The Bertz CT molecular complexity index is 1040. The van der Waals surface area contributed by atoms with Crippen LogP contribution in [0.3, 0.4) is 0 Å². The molecule has 28 heavy (non-hydrogen) atoms. The van der Waals surface area contributed by atoms with Crippen LogP contribution in [-0.4, -0.2) is 0 Å². The Morgan fingerprint density at radius 3 is 1.93 bits per heavy atom. The third-order valence-corrected chi connectivity index (χ3v) is 4.61. The molecule has 0 radical (unpaired) electrons. The smallest absolute Gasteiger partial charge is 0.134 e. The van der Waals surface area contributed by atoms with Crippen LogP contribution in [0.4, 0.5) is 0 Å². The molecule has 0 saturated carbocycles. The number of benzene rings is 4. The summed E-state index contributed by atoms with van der Waals surface area (Å²) in [6.45, 7) is 0.539. The molecular formula is C27H22O. The Kier molecular flexibility index (Phi) is 5.65. The standard InChI is InChI=1S/C27H22O/c1-4-11-22(12-5-1)19-20-25-17-10-18-26(24-15-8-3-9-16-24)27(25)28-21-23-13-6-2-7-14-23/h1-20H,21H2/b20-19+. The van der Waals surface area contributed by atoms with Crippen LogP contribution in [0.2, 0.25) is 0 Å². The summed E-state index contributed by atoms with van der Waals surface area (Å²) in [6, 6.07) is 37.3. The Morgan fingerprint density at radius 2 is 1.21 bits per heavy atom. The fourth-order valence-electron chi connectivity index (χ4n) is 3.17. The van der Waals surface area contributed by atoms with Crippen molar-refractivity contribution >= 4 is 12.2 Å². The van der Waals surface area contributed by atoms with Gasteiger partial charge in [-0.3, -0.25) is 0 Å². The molecule has 1 heteroatoms. The van der Waals surface area contributed by atoms with Gasteiger partial charge in [0.15, 0.2) is 0 Å². The molecule has 0 aliphatic heterocycles. The minimum atomic E-state index is 0.539. The summed E-state index contributed by atoms with van der Waals surface area (Å²) in [5.74, 6) is 0.907. The molecule has 0 spiro atoms. The highest BCUT2D eigenvalue weighted by atomic mass is 16.5. The van der Waals surface area contributed by atoms with E-state index in [0.29, 0.717) is 6.61 Å². The number of hydrogen-bond donors (Lipinski definition) is 0. The highest BCUT2D eigenvalue weighted by Gasteiger charge is 2.10. The van der Waals surface area contributed by atoms with Crippen molar-refractivity contribution in [3.05, 3.63) is 126 Å². The molecule has 0 heterocycles. The van der Waals surface area contributed by atoms with Crippen LogP contribution in [0.5, 0.6) is 5.75 Å². The molecule has 0 atom stereocenters. The zero-order valence-corrected chi connectivity index (χ0v) is 15.7. The fraction of sp³-hybridized carbons (Fsp3) is 0.0370. The van der Waals surface area contributed by atoms with Crippen LogP contribution < -0.4 is 4.74 Å². The van der Waals surface area contributed by atoms with Crippen LogP contribution >= 0.6 is 0 Å². The zero-order valence-electron chi connectivity index (χ0n) is 15.7. The second-order valence-corrected chi connectivity index (χ2v) is 6.61. The average molecular weight is 362 g/mol. The summed E-state index contributed by atoms with van der Waals surface area (Å²) in [7, 11) is 0. The molecule has 136 valence electrons. The van der Waals surface area contributed by atoms with E-state index in [2.05, 4.69) is 78.9 Å². The van der Waals surface area contributed by atoms with Gasteiger partial charge >= 0.3 is 0 Å². The van der Waals surface area contributed by atoms with Gasteiger partial charge in [0.2, 0.25) is 0 Å². The van der Waals surface area contributed by atoms with Crippen molar-refractivity contribution in [3.63, 3.8) is 0 Å². The summed E-state index contributed by atoms with van der Waals surface area (Å²) in [4.78, 5) is 0. The van der Waals surface area contributed by atoms with Gasteiger partial charge in [0.05, 0.1) is 0 Å². The molecule has 4 aromatic carbocycles. The second-order valence-electron chi connectivity index (χ2n) is 6.61. The summed E-state index contributed by atoms with van der Waals surface area (Å²) in [6.07, 6.45) is 4.25. The van der Waals surface area contributed by atoms with Crippen molar-refractivity contribution in [2.75, 3.05) is 0 Å². The first-order valence-electron chi connectivity index (χ1n) is 9.48. The van der Waals surface area contributed by atoms with Crippen molar-refractivity contribution in [1.29, 1.82) is 0 Å². The Morgan fingerprint density at radius 1 is 0.571 bits per heavy atom. The van der Waals surface area contributed by atoms with Gasteiger partial charge in [-0.05, 0) is 16.7 Å². The SMILES string of the molecule is C(=C\c1cccc(-c2ccccc2)c1OCc1ccccc1)/c1ccccc1. The first-order chi connectivity index (χ1) is 13.9. The van der Waals surface area contributed by atoms with E-state index >= 15 is 0 Å². The monoisotopic (exact) mass is 362 g/mol. The molecule has 4 aromatic rings. The maximum atomic E-state index is 6.35. The summed E-state index contributed by atoms with van der Waals surface area (Å²) in [5.41, 5.74) is 5.65. The maximum absolute atomic E-state index is 6.35. The van der Waals surface area contributed by atoms with E-state index < -0.39 is 0 Å². The van der Waals surface area contributed by atoms with Gasteiger partial charge in [0.1, 0.15) is 12.4 Å². The Hall–Kier alpha value is -3.58. The van der Waals surface area contributed by atoms with Gasteiger partial charge in [-0.15, -0.1) is 0 Å². The fourth-order valence-corrected chi connectivity index (χ4v) is 3.17. The van der Waals surface area contributed by atoms with Crippen LogP contribution in [0.1, 0.15) is 16.7 Å². The lowest BCUT2D eigenvalue weighted by Gasteiger charge is -2.15. The van der Waals surface area contributed by atoms with Gasteiger partial charge < -0.3 is 4.74 Å². The molecule has 0 fully saturated rings. The van der Waals surface area contributed by atoms with E-state index in [1.807, 2.05) is 42.5 Å². The normalized spacial score (nSPS) is 10.9. The van der Waals surface area contributed by atoms with Crippen molar-refractivity contribution in [2.45, 2.75) is 6.61 Å². The van der Waals surface area contributed by atoms with Gasteiger partial charge in [0, 0.05) is 11.1 Å². The summed E-state index contributed by atoms with van der Waals surface area (Å²) < 4.78 is 6.35. The predicted octanol–water partition coefficient (Wildman–Crippen LogP) is 7.10. The van der Waals surface area contributed by atoms with Gasteiger partial charge in [0.25, 0.3) is 0 Å². The van der Waals surface area contributed by atoms with E-state index in [9.17, 15) is 0 Å². The Labute approximate surface area is 166 Å². The van der Waals surface area contributed by atoms with Gasteiger partial charge in [-0.2, -0.15) is 0 Å². The van der Waals surface area contributed by atoms with E-state index in [-0.39, 0.29) is 0 Å². The van der Waals surface area contributed by atoms with Crippen LogP contribution in [0, 0.1) is 0 Å². The largest absolute Gasteiger partial charge is 0.488 e. The quantitative estimate of drug-likeness (QED) is 0.332. The molecule has 0 N–H and O–H groups in total. The van der Waals surface area contributed by atoms with Crippen molar-refractivity contribution in [2.24, 2.45) is 0 Å². The molecule has 0 aliphatic rings. The summed E-state index contributed by atoms with van der Waals surface area (Å²) in [5, 5.41) is 0. The topological polar surface area (TPSA) is 9.23 Å². The van der Waals surface area contributed by atoms with E-state index in [4.69, 9.17) is 4.74 Å². The Balaban J connectivity index is 1.71. The second kappa shape index (κ2) is 8.88. The molecule has 0 amide bonds. The lowest BCUT2D eigenvalue weighted by molar-refractivity contribution is 0.307. The maximum Gasteiger partial charge on any atom is 0.134 e. The first-order valence-corrected chi connectivity index (χ1v) is 9.48. The number of para-hydroxylation sites is 1. The van der Waals surface area contributed by atoms with Crippen molar-refractivity contribution in [1.82, 2.24) is 0 Å². The molecule has 1 nitrogen and oxygen atoms in total. The van der Waals surface area contributed by atoms with Gasteiger partial charge in [-0.1, -0.05) is 121 Å². The van der Waals surface area contributed by atoms with Crippen molar-refractivity contribution in [3.8, 4) is 16.9 Å². The highest BCUT2D eigenvalue weighted by Crippen LogP contribution is 2.35. The van der Waals surface area contributed by atoms with Crippen molar-refractivity contribution < 1.29 is 4.74 Å². The molecule has 0 bridgehead atoms. The van der Waals surface area contributed by atoms with Crippen LogP contribution in [0.25, 0.3) is 23.3 Å². The average Bonchev–Trinajstić information content (AvgIpc) is 2.78. The molecule has 0 saturated heterocycles. The van der Waals surface area contributed by atoms with Gasteiger partial charge in [-0.25, -0.2) is 0 Å². The minimum Gasteiger partial charge on any atom is -0.488 e. The van der Waals surface area contributed by atoms with E-state index in [1.165, 1.54) is 5.56 Å². The first kappa shape index (κ1) is 17.8. The van der Waals surface area contributed by atoms with E-state index in [0.717, 1.165) is 28.0 Å². The third kappa shape index (κ3) is 4.39.